The molecule has 0 radical (unpaired) electrons. The lowest BCUT2D eigenvalue weighted by Gasteiger charge is -2.17. The number of carbonyl (C=O) groups is 2. The van der Waals surface area contributed by atoms with Gasteiger partial charge in [-0.2, -0.15) is 0 Å². The number of nitrogens with zero attached hydrogens (tertiary/aromatic N) is 3. The van der Waals surface area contributed by atoms with Crippen molar-refractivity contribution in [1.29, 1.82) is 0 Å². The highest BCUT2D eigenvalue weighted by atomic mass is 32.2. The van der Waals surface area contributed by atoms with Gasteiger partial charge in [-0.3, -0.25) is 9.59 Å². The Labute approximate surface area is 134 Å². The average Bonchev–Trinajstić information content (AvgIpc) is 3.02. The van der Waals surface area contributed by atoms with Crippen LogP contribution < -0.4 is 5.32 Å². The Balaban J connectivity index is 1.80. The fourth-order valence-corrected chi connectivity index (χ4v) is 3.12. The maximum Gasteiger partial charge on any atom is 0.277 e. The summed E-state index contributed by atoms with van der Waals surface area (Å²) in [5.74, 6) is 0.889. The minimum absolute atomic E-state index is 0.0487. The van der Waals surface area contributed by atoms with Crippen LogP contribution in [-0.2, 0) is 9.59 Å². The summed E-state index contributed by atoms with van der Waals surface area (Å²) in [7, 11) is 3.14. The first-order valence-corrected chi connectivity index (χ1v) is 8.49. The lowest BCUT2D eigenvalue weighted by atomic mass is 9.89. The second-order valence-corrected chi connectivity index (χ2v) is 6.38. The second-order valence-electron chi connectivity index (χ2n) is 5.45. The topological polar surface area (TPSA) is 88.3 Å². The maximum absolute atomic E-state index is 11.9. The number of carbonyl (C=O) groups excluding carboxylic acids is 2. The van der Waals surface area contributed by atoms with Gasteiger partial charge in [-0.05, 0) is 12.8 Å². The van der Waals surface area contributed by atoms with Gasteiger partial charge in [0, 0.05) is 20.0 Å². The maximum atomic E-state index is 11.9. The molecule has 0 bridgehead atoms. The molecule has 22 heavy (non-hydrogen) atoms. The Morgan fingerprint density at radius 3 is 2.73 bits per heavy atom. The Morgan fingerprint density at radius 1 is 1.32 bits per heavy atom. The molecule has 1 saturated carbocycles. The molecule has 0 unspecified atom stereocenters. The SMILES string of the molecule is CNC(=O)CN(C)C(=O)CSc1nnc(C2CCCCC2)o1. The normalized spacial score (nSPS) is 15.5. The Hall–Kier alpha value is -1.57. The minimum atomic E-state index is -0.196. The van der Waals surface area contributed by atoms with Crippen molar-refractivity contribution in [3.63, 3.8) is 0 Å². The van der Waals surface area contributed by atoms with Gasteiger partial charge in [-0.25, -0.2) is 0 Å². The number of nitrogens with one attached hydrogen (secondary N) is 1. The molecule has 8 heteroatoms. The van der Waals surface area contributed by atoms with Crippen molar-refractivity contribution in [2.24, 2.45) is 0 Å². The zero-order valence-corrected chi connectivity index (χ0v) is 13.8. The molecule has 1 aliphatic rings. The van der Waals surface area contributed by atoms with Crippen molar-refractivity contribution >= 4 is 23.6 Å². The Morgan fingerprint density at radius 2 is 2.05 bits per heavy atom. The molecule has 2 rings (SSSR count). The third-order valence-corrected chi connectivity index (χ3v) is 4.58. The number of aromatic nitrogens is 2. The van der Waals surface area contributed by atoms with E-state index < -0.39 is 0 Å². The number of thioether (sulfide) groups is 1. The molecule has 1 fully saturated rings. The van der Waals surface area contributed by atoms with E-state index in [0.29, 0.717) is 17.0 Å². The molecule has 1 N–H and O–H groups in total. The van der Waals surface area contributed by atoms with Crippen molar-refractivity contribution in [2.45, 2.75) is 43.2 Å². The van der Waals surface area contributed by atoms with Gasteiger partial charge in [0.05, 0.1) is 12.3 Å². The quantitative estimate of drug-likeness (QED) is 0.795. The van der Waals surface area contributed by atoms with Gasteiger partial charge in [-0.1, -0.05) is 31.0 Å². The van der Waals surface area contributed by atoms with Crippen molar-refractivity contribution in [1.82, 2.24) is 20.4 Å². The molecule has 0 spiro atoms. The van der Waals surface area contributed by atoms with Crippen LogP contribution in [0.25, 0.3) is 0 Å². The molecule has 7 nitrogen and oxygen atoms in total. The highest BCUT2D eigenvalue weighted by Crippen LogP contribution is 2.32. The number of likely N-dealkylation sites (N-methyl/N-ethyl adjacent to an activating group) is 2. The van der Waals surface area contributed by atoms with E-state index in [1.165, 1.54) is 35.9 Å². The summed E-state index contributed by atoms with van der Waals surface area (Å²) < 4.78 is 5.65. The zero-order chi connectivity index (χ0) is 15.9. The van der Waals surface area contributed by atoms with Crippen LogP contribution in [0.3, 0.4) is 0 Å². The first-order valence-electron chi connectivity index (χ1n) is 7.51. The van der Waals surface area contributed by atoms with Gasteiger partial charge in [0.1, 0.15) is 0 Å². The summed E-state index contributed by atoms with van der Waals surface area (Å²) in [5, 5.41) is 11.0. The summed E-state index contributed by atoms with van der Waals surface area (Å²) in [5.41, 5.74) is 0. The molecule has 1 aromatic rings. The van der Waals surface area contributed by atoms with E-state index in [-0.39, 0.29) is 24.1 Å². The van der Waals surface area contributed by atoms with Gasteiger partial charge in [0.25, 0.3) is 5.22 Å². The molecule has 1 aromatic heterocycles. The van der Waals surface area contributed by atoms with Crippen molar-refractivity contribution in [2.75, 3.05) is 26.4 Å². The lowest BCUT2D eigenvalue weighted by Crippen LogP contribution is -2.37. The van der Waals surface area contributed by atoms with E-state index >= 15 is 0 Å². The van der Waals surface area contributed by atoms with E-state index in [1.807, 2.05) is 0 Å². The monoisotopic (exact) mass is 326 g/mol. The third-order valence-electron chi connectivity index (χ3n) is 3.78. The van der Waals surface area contributed by atoms with Gasteiger partial charge < -0.3 is 14.6 Å². The molecule has 122 valence electrons. The van der Waals surface area contributed by atoms with E-state index in [4.69, 9.17) is 4.42 Å². The predicted octanol–water partition coefficient (Wildman–Crippen LogP) is 1.41. The summed E-state index contributed by atoms with van der Waals surface area (Å²) >= 11 is 1.21. The highest BCUT2D eigenvalue weighted by molar-refractivity contribution is 7.99. The minimum Gasteiger partial charge on any atom is -0.416 e. The van der Waals surface area contributed by atoms with Crippen LogP contribution in [0.5, 0.6) is 0 Å². The van der Waals surface area contributed by atoms with Crippen LogP contribution >= 0.6 is 11.8 Å². The van der Waals surface area contributed by atoms with Crippen LogP contribution in [-0.4, -0.2) is 53.3 Å². The molecular formula is C14H22N4O3S. The lowest BCUT2D eigenvalue weighted by molar-refractivity contribution is -0.132. The number of rotatable bonds is 6. The predicted molar refractivity (Wildman–Crippen MR) is 82.6 cm³/mol. The van der Waals surface area contributed by atoms with Gasteiger partial charge in [0.15, 0.2) is 0 Å². The number of hydrogen-bond donors (Lipinski definition) is 1. The van der Waals surface area contributed by atoms with Gasteiger partial charge in [-0.15, -0.1) is 10.2 Å². The zero-order valence-electron chi connectivity index (χ0n) is 13.0. The Kier molecular flexibility index (Phi) is 6.23. The molecule has 0 saturated heterocycles. The Bertz CT molecular complexity index is 514. The fourth-order valence-electron chi connectivity index (χ4n) is 2.41. The molecular weight excluding hydrogens is 304 g/mol. The molecule has 2 amide bonds. The third kappa shape index (κ3) is 4.72. The first kappa shape index (κ1) is 16.8. The molecule has 1 heterocycles. The van der Waals surface area contributed by atoms with Crippen LogP contribution in [0, 0.1) is 0 Å². The number of amides is 2. The van der Waals surface area contributed by atoms with Crippen molar-refractivity contribution < 1.29 is 14.0 Å². The van der Waals surface area contributed by atoms with Crippen molar-refractivity contribution in [3.05, 3.63) is 5.89 Å². The standard InChI is InChI=1S/C14H22N4O3S/c1-15-11(19)8-18(2)12(20)9-22-14-17-16-13(21-14)10-6-4-3-5-7-10/h10H,3-9H2,1-2H3,(H,15,19). The van der Waals surface area contributed by atoms with E-state index in [2.05, 4.69) is 15.5 Å². The number of hydrogen-bond acceptors (Lipinski definition) is 6. The van der Waals surface area contributed by atoms with E-state index in [1.54, 1.807) is 14.1 Å². The summed E-state index contributed by atoms with van der Waals surface area (Å²) in [6, 6.07) is 0. The van der Waals surface area contributed by atoms with Gasteiger partial charge >= 0.3 is 0 Å². The summed E-state index contributed by atoms with van der Waals surface area (Å²) in [6.07, 6.45) is 5.88. The highest BCUT2D eigenvalue weighted by Gasteiger charge is 2.22. The van der Waals surface area contributed by atoms with Crippen LogP contribution in [0.15, 0.2) is 9.64 Å². The van der Waals surface area contributed by atoms with Crippen LogP contribution in [0.1, 0.15) is 43.9 Å². The average molecular weight is 326 g/mol. The van der Waals surface area contributed by atoms with E-state index in [9.17, 15) is 9.59 Å². The smallest absolute Gasteiger partial charge is 0.277 e. The molecule has 1 aliphatic carbocycles. The summed E-state index contributed by atoms with van der Waals surface area (Å²) in [6.45, 7) is 0.0487. The van der Waals surface area contributed by atoms with Crippen molar-refractivity contribution in [3.8, 4) is 0 Å². The van der Waals surface area contributed by atoms with Crippen LogP contribution in [0.2, 0.25) is 0 Å². The summed E-state index contributed by atoms with van der Waals surface area (Å²) in [4.78, 5) is 24.5. The molecule has 0 aromatic carbocycles. The molecule has 0 aliphatic heterocycles. The largest absolute Gasteiger partial charge is 0.416 e. The van der Waals surface area contributed by atoms with Crippen LogP contribution in [0.4, 0.5) is 0 Å². The first-order chi connectivity index (χ1) is 10.6. The fraction of sp³-hybridized carbons (Fsp3) is 0.714. The van der Waals surface area contributed by atoms with Gasteiger partial charge in [0.2, 0.25) is 17.7 Å². The van der Waals surface area contributed by atoms with E-state index in [0.717, 1.165) is 12.8 Å². The second kappa shape index (κ2) is 8.17. The molecule has 0 atom stereocenters.